The molecule has 3 nitrogen and oxygen atoms in total. The minimum absolute atomic E-state index is 0.0319. The zero-order valence-corrected chi connectivity index (χ0v) is 8.98. The van der Waals surface area contributed by atoms with Crippen LogP contribution >= 0.6 is 0 Å². The summed E-state index contributed by atoms with van der Waals surface area (Å²) in [7, 11) is 0. The van der Waals surface area contributed by atoms with Gasteiger partial charge >= 0.3 is 6.03 Å². The van der Waals surface area contributed by atoms with E-state index in [-0.39, 0.29) is 18.1 Å². The molecule has 2 unspecified atom stereocenters. The fourth-order valence-electron chi connectivity index (χ4n) is 2.33. The maximum atomic E-state index is 11.2. The molecule has 0 aliphatic carbocycles. The Bertz CT molecular complexity index is 183. The highest BCUT2D eigenvalue weighted by Crippen LogP contribution is 2.29. The molecule has 0 saturated carbocycles. The van der Waals surface area contributed by atoms with Crippen molar-refractivity contribution in [3.8, 4) is 0 Å². The monoisotopic (exact) mass is 184 g/mol. The van der Waals surface area contributed by atoms with Gasteiger partial charge in [-0.05, 0) is 32.1 Å². The van der Waals surface area contributed by atoms with Crippen LogP contribution in [0.15, 0.2) is 0 Å². The second-order valence-electron chi connectivity index (χ2n) is 4.99. The van der Waals surface area contributed by atoms with Crippen molar-refractivity contribution in [2.24, 2.45) is 5.41 Å². The summed E-state index contributed by atoms with van der Waals surface area (Å²) in [5.74, 6) is 0. The van der Waals surface area contributed by atoms with Crippen LogP contribution in [-0.4, -0.2) is 18.1 Å². The maximum absolute atomic E-state index is 11.2. The third kappa shape index (κ3) is 3.25. The molecule has 2 atom stereocenters. The summed E-state index contributed by atoms with van der Waals surface area (Å²) in [5.41, 5.74) is 0.305. The van der Waals surface area contributed by atoms with Crippen LogP contribution in [-0.2, 0) is 0 Å². The first-order valence-corrected chi connectivity index (χ1v) is 4.96. The van der Waals surface area contributed by atoms with Gasteiger partial charge in [0, 0.05) is 12.1 Å². The van der Waals surface area contributed by atoms with E-state index in [1.165, 1.54) is 0 Å². The molecule has 0 spiro atoms. The lowest BCUT2D eigenvalue weighted by molar-refractivity contribution is 0.197. The second kappa shape index (κ2) is 3.56. The molecule has 2 N–H and O–H groups in total. The Balaban J connectivity index is 2.65. The lowest BCUT2D eigenvalue weighted by Gasteiger charge is -2.34. The maximum Gasteiger partial charge on any atom is 0.315 e. The van der Waals surface area contributed by atoms with Crippen LogP contribution in [0, 0.1) is 5.41 Å². The van der Waals surface area contributed by atoms with E-state index in [9.17, 15) is 4.79 Å². The van der Waals surface area contributed by atoms with Crippen LogP contribution < -0.4 is 10.6 Å². The molecule has 0 aromatic heterocycles. The van der Waals surface area contributed by atoms with Gasteiger partial charge in [-0.15, -0.1) is 0 Å². The summed E-state index contributed by atoms with van der Waals surface area (Å²) in [5, 5.41) is 5.84. The fourth-order valence-corrected chi connectivity index (χ4v) is 2.33. The molecule has 0 radical (unpaired) electrons. The molecular formula is C10H20N2O. The first-order valence-electron chi connectivity index (χ1n) is 4.96. The van der Waals surface area contributed by atoms with Crippen molar-refractivity contribution in [1.29, 1.82) is 0 Å². The molecule has 1 fully saturated rings. The van der Waals surface area contributed by atoms with Crippen LogP contribution in [0.1, 0.15) is 40.5 Å². The molecule has 76 valence electrons. The summed E-state index contributed by atoms with van der Waals surface area (Å²) in [6.45, 7) is 8.60. The van der Waals surface area contributed by atoms with Crippen molar-refractivity contribution >= 4 is 6.03 Å². The largest absolute Gasteiger partial charge is 0.336 e. The van der Waals surface area contributed by atoms with Crippen molar-refractivity contribution in [3.63, 3.8) is 0 Å². The zero-order chi connectivity index (χ0) is 10.1. The van der Waals surface area contributed by atoms with Crippen molar-refractivity contribution in [2.45, 2.75) is 52.6 Å². The summed E-state index contributed by atoms with van der Waals surface area (Å²) < 4.78 is 0. The number of hydrogen-bond acceptors (Lipinski definition) is 1. The average molecular weight is 184 g/mol. The van der Waals surface area contributed by atoms with Gasteiger partial charge in [-0.1, -0.05) is 13.8 Å². The number of rotatable bonds is 0. The minimum atomic E-state index is -0.0319. The molecule has 1 aliphatic rings. The highest BCUT2D eigenvalue weighted by Gasteiger charge is 2.27. The van der Waals surface area contributed by atoms with Gasteiger partial charge in [0.2, 0.25) is 0 Å². The van der Waals surface area contributed by atoms with Gasteiger partial charge in [0.15, 0.2) is 0 Å². The molecular weight excluding hydrogens is 164 g/mol. The molecule has 1 rings (SSSR count). The molecule has 1 saturated heterocycles. The first kappa shape index (κ1) is 10.4. The van der Waals surface area contributed by atoms with E-state index in [4.69, 9.17) is 0 Å². The third-order valence-electron chi connectivity index (χ3n) is 2.47. The molecule has 0 bridgehead atoms. The van der Waals surface area contributed by atoms with Crippen LogP contribution in [0.25, 0.3) is 0 Å². The standard InChI is InChI=1S/C10H20N2O/c1-7-5-10(3,4)6-8(2)12-9(13)11-7/h7-8H,5-6H2,1-4H3,(H2,11,12,13). The van der Waals surface area contributed by atoms with Crippen molar-refractivity contribution in [2.75, 3.05) is 0 Å². The van der Waals surface area contributed by atoms with Crippen molar-refractivity contribution in [3.05, 3.63) is 0 Å². The number of urea groups is 1. The highest BCUT2D eigenvalue weighted by molar-refractivity contribution is 5.74. The van der Waals surface area contributed by atoms with E-state index in [1.807, 2.05) is 0 Å². The Labute approximate surface area is 80.3 Å². The summed E-state index contributed by atoms with van der Waals surface area (Å²) >= 11 is 0. The van der Waals surface area contributed by atoms with E-state index < -0.39 is 0 Å². The molecule has 2 amide bonds. The predicted octanol–water partition coefficient (Wildman–Crippen LogP) is 1.88. The van der Waals surface area contributed by atoms with Crippen LogP contribution in [0.3, 0.4) is 0 Å². The lowest BCUT2D eigenvalue weighted by Crippen LogP contribution is -2.49. The number of carbonyl (C=O) groups is 1. The molecule has 3 heteroatoms. The van der Waals surface area contributed by atoms with Crippen LogP contribution in [0.2, 0.25) is 0 Å². The molecule has 0 aromatic carbocycles. The topological polar surface area (TPSA) is 41.1 Å². The van der Waals surface area contributed by atoms with Crippen LogP contribution in [0.5, 0.6) is 0 Å². The van der Waals surface area contributed by atoms with E-state index >= 15 is 0 Å². The Kier molecular flexibility index (Phi) is 2.84. The van der Waals surface area contributed by atoms with Gasteiger partial charge < -0.3 is 10.6 Å². The molecule has 1 aliphatic heterocycles. The van der Waals surface area contributed by atoms with Gasteiger partial charge in [-0.3, -0.25) is 0 Å². The quantitative estimate of drug-likeness (QED) is 0.593. The summed E-state index contributed by atoms with van der Waals surface area (Å²) in [6, 6.07) is 0.500. The highest BCUT2D eigenvalue weighted by atomic mass is 16.2. The Morgan fingerprint density at radius 3 is 1.92 bits per heavy atom. The zero-order valence-electron chi connectivity index (χ0n) is 8.98. The Morgan fingerprint density at radius 1 is 1.15 bits per heavy atom. The average Bonchev–Trinajstić information content (AvgIpc) is 1.78. The molecule has 0 aromatic rings. The SMILES string of the molecule is CC1CC(C)(C)CC(C)NC(=O)N1. The number of carbonyl (C=O) groups excluding carboxylic acids is 1. The van der Waals surface area contributed by atoms with Gasteiger partial charge in [0.05, 0.1) is 0 Å². The second-order valence-corrected chi connectivity index (χ2v) is 4.99. The lowest BCUT2D eigenvalue weighted by atomic mass is 9.80. The fraction of sp³-hybridized carbons (Fsp3) is 0.900. The minimum Gasteiger partial charge on any atom is -0.336 e. The molecule has 13 heavy (non-hydrogen) atoms. The Morgan fingerprint density at radius 2 is 1.54 bits per heavy atom. The molecule has 1 heterocycles. The first-order chi connectivity index (χ1) is 5.89. The smallest absolute Gasteiger partial charge is 0.315 e. The Hall–Kier alpha value is -0.730. The van der Waals surface area contributed by atoms with Crippen LogP contribution in [0.4, 0.5) is 4.79 Å². The van der Waals surface area contributed by atoms with Gasteiger partial charge in [-0.25, -0.2) is 4.79 Å². The number of amides is 2. The van der Waals surface area contributed by atoms with Crippen molar-refractivity contribution in [1.82, 2.24) is 10.6 Å². The normalized spacial score (nSPS) is 34.0. The van der Waals surface area contributed by atoms with E-state index in [0.29, 0.717) is 5.41 Å². The summed E-state index contributed by atoms with van der Waals surface area (Å²) in [4.78, 5) is 11.2. The van der Waals surface area contributed by atoms with Gasteiger partial charge in [0.25, 0.3) is 0 Å². The van der Waals surface area contributed by atoms with Crippen molar-refractivity contribution < 1.29 is 4.79 Å². The summed E-state index contributed by atoms with van der Waals surface area (Å²) in [6.07, 6.45) is 2.09. The predicted molar refractivity (Wildman–Crippen MR) is 53.6 cm³/mol. The van der Waals surface area contributed by atoms with E-state index in [1.54, 1.807) is 0 Å². The van der Waals surface area contributed by atoms with Gasteiger partial charge in [0.1, 0.15) is 0 Å². The van der Waals surface area contributed by atoms with E-state index in [2.05, 4.69) is 38.3 Å². The van der Waals surface area contributed by atoms with E-state index in [0.717, 1.165) is 12.8 Å². The van der Waals surface area contributed by atoms with Gasteiger partial charge in [-0.2, -0.15) is 0 Å². The number of nitrogens with one attached hydrogen (secondary N) is 2. The number of hydrogen-bond donors (Lipinski definition) is 2. The third-order valence-corrected chi connectivity index (χ3v) is 2.47.